The second-order valence-corrected chi connectivity index (χ2v) is 4.58. The van der Waals surface area contributed by atoms with Gasteiger partial charge < -0.3 is 10.0 Å². The minimum Gasteiger partial charge on any atom is -0.481 e. The van der Waals surface area contributed by atoms with Crippen LogP contribution in [0.2, 0.25) is 0 Å². The van der Waals surface area contributed by atoms with Crippen LogP contribution in [0.3, 0.4) is 0 Å². The van der Waals surface area contributed by atoms with Crippen molar-refractivity contribution in [1.82, 2.24) is 4.90 Å². The second kappa shape index (κ2) is 4.84. The van der Waals surface area contributed by atoms with Gasteiger partial charge in [0, 0.05) is 6.04 Å². The average Bonchev–Trinajstić information content (AvgIpc) is 2.64. The van der Waals surface area contributed by atoms with Crippen LogP contribution in [-0.2, 0) is 11.2 Å². The third kappa shape index (κ3) is 2.47. The lowest BCUT2D eigenvalue weighted by atomic mass is 9.94. The summed E-state index contributed by atoms with van der Waals surface area (Å²) in [6.45, 7) is 0.760. The van der Waals surface area contributed by atoms with Gasteiger partial charge in [0.25, 0.3) is 0 Å². The van der Waals surface area contributed by atoms with Crippen LogP contribution < -0.4 is 0 Å². The second-order valence-electron chi connectivity index (χ2n) is 4.58. The highest BCUT2D eigenvalue weighted by atomic mass is 19.1. The molecule has 1 aliphatic rings. The first-order valence-electron chi connectivity index (χ1n) is 5.76. The van der Waals surface area contributed by atoms with E-state index in [1.165, 1.54) is 6.07 Å². The summed E-state index contributed by atoms with van der Waals surface area (Å²) in [5.74, 6) is -1.42. The summed E-state index contributed by atoms with van der Waals surface area (Å²) in [5, 5.41) is 9.13. The molecule has 2 unspecified atom stereocenters. The Hall–Kier alpha value is -1.42. The maximum atomic E-state index is 13.5. The van der Waals surface area contributed by atoms with Crippen molar-refractivity contribution in [3.63, 3.8) is 0 Å². The van der Waals surface area contributed by atoms with Crippen LogP contribution in [0.15, 0.2) is 24.3 Å². The number of hydrogen-bond acceptors (Lipinski definition) is 2. The smallest absolute Gasteiger partial charge is 0.308 e. The number of likely N-dealkylation sites (tertiary alicyclic amines) is 1. The van der Waals surface area contributed by atoms with Crippen molar-refractivity contribution in [2.45, 2.75) is 18.9 Å². The number of carboxylic acid groups (broad SMARTS) is 1. The van der Waals surface area contributed by atoms with Gasteiger partial charge in [0.15, 0.2) is 0 Å². The Balaban J connectivity index is 2.16. The number of aliphatic carboxylic acids is 1. The van der Waals surface area contributed by atoms with Crippen LogP contribution in [0.1, 0.15) is 12.0 Å². The predicted molar refractivity (Wildman–Crippen MR) is 62.3 cm³/mol. The molecule has 1 aromatic rings. The van der Waals surface area contributed by atoms with Gasteiger partial charge in [-0.1, -0.05) is 18.2 Å². The highest BCUT2D eigenvalue weighted by Crippen LogP contribution is 2.26. The zero-order valence-electron chi connectivity index (χ0n) is 9.77. The first-order chi connectivity index (χ1) is 8.09. The number of benzene rings is 1. The van der Waals surface area contributed by atoms with E-state index in [-0.39, 0.29) is 17.8 Å². The zero-order chi connectivity index (χ0) is 12.4. The molecule has 92 valence electrons. The fraction of sp³-hybridized carbons (Fsp3) is 0.462. The van der Waals surface area contributed by atoms with Crippen molar-refractivity contribution in [1.29, 1.82) is 0 Å². The van der Waals surface area contributed by atoms with E-state index in [1.807, 2.05) is 11.9 Å². The summed E-state index contributed by atoms with van der Waals surface area (Å²) in [4.78, 5) is 13.1. The molecule has 0 amide bonds. The zero-order valence-corrected chi connectivity index (χ0v) is 9.77. The van der Waals surface area contributed by atoms with Crippen molar-refractivity contribution in [3.05, 3.63) is 35.6 Å². The molecule has 0 saturated carbocycles. The van der Waals surface area contributed by atoms with Gasteiger partial charge in [-0.2, -0.15) is 0 Å². The summed E-state index contributed by atoms with van der Waals surface area (Å²) < 4.78 is 13.5. The Morgan fingerprint density at radius 1 is 1.53 bits per heavy atom. The monoisotopic (exact) mass is 237 g/mol. The molecular formula is C13H16FNO2. The van der Waals surface area contributed by atoms with E-state index in [9.17, 15) is 9.18 Å². The van der Waals surface area contributed by atoms with Crippen LogP contribution in [-0.4, -0.2) is 35.6 Å². The number of likely N-dealkylation sites (N-methyl/N-ethyl adjacent to an activating group) is 1. The highest BCUT2D eigenvalue weighted by molar-refractivity contribution is 5.71. The van der Waals surface area contributed by atoms with Crippen molar-refractivity contribution in [2.24, 2.45) is 5.92 Å². The average molecular weight is 237 g/mol. The molecule has 2 atom stereocenters. The molecule has 0 bridgehead atoms. The molecule has 0 aliphatic carbocycles. The first-order valence-corrected chi connectivity index (χ1v) is 5.76. The fourth-order valence-electron chi connectivity index (χ4n) is 2.48. The van der Waals surface area contributed by atoms with Gasteiger partial charge in [0.1, 0.15) is 5.82 Å². The van der Waals surface area contributed by atoms with E-state index in [0.29, 0.717) is 18.4 Å². The minimum absolute atomic E-state index is 0.107. The van der Waals surface area contributed by atoms with Gasteiger partial charge in [0.2, 0.25) is 0 Å². The van der Waals surface area contributed by atoms with Gasteiger partial charge >= 0.3 is 5.97 Å². The van der Waals surface area contributed by atoms with E-state index in [0.717, 1.165) is 6.54 Å². The number of nitrogens with zero attached hydrogens (tertiary/aromatic N) is 1. The molecule has 0 spiro atoms. The Labute approximate surface area is 99.9 Å². The van der Waals surface area contributed by atoms with Gasteiger partial charge in [-0.05, 0) is 38.1 Å². The first kappa shape index (κ1) is 12.0. The lowest BCUT2D eigenvalue weighted by molar-refractivity contribution is -0.142. The molecule has 0 aromatic heterocycles. The van der Waals surface area contributed by atoms with Gasteiger partial charge in [-0.25, -0.2) is 4.39 Å². The molecule has 3 nitrogen and oxygen atoms in total. The van der Waals surface area contributed by atoms with Crippen LogP contribution in [0, 0.1) is 11.7 Å². The molecule has 0 radical (unpaired) electrons. The number of hydrogen-bond donors (Lipinski definition) is 1. The lowest BCUT2D eigenvalue weighted by Crippen LogP contribution is -2.35. The Kier molecular flexibility index (Phi) is 3.43. The molecule has 1 aromatic carbocycles. The third-order valence-electron chi connectivity index (χ3n) is 3.53. The van der Waals surface area contributed by atoms with Crippen molar-refractivity contribution >= 4 is 5.97 Å². The minimum atomic E-state index is -0.782. The van der Waals surface area contributed by atoms with E-state index in [4.69, 9.17) is 5.11 Å². The van der Waals surface area contributed by atoms with Crippen LogP contribution in [0.4, 0.5) is 4.39 Å². The largest absolute Gasteiger partial charge is 0.481 e. The molecule has 4 heteroatoms. The van der Waals surface area contributed by atoms with Crippen LogP contribution >= 0.6 is 0 Å². The topological polar surface area (TPSA) is 40.5 Å². The maximum absolute atomic E-state index is 13.5. The summed E-state index contributed by atoms with van der Waals surface area (Å²) in [6, 6.07) is 6.46. The summed E-state index contributed by atoms with van der Waals surface area (Å²) in [7, 11) is 1.90. The molecule has 17 heavy (non-hydrogen) atoms. The van der Waals surface area contributed by atoms with E-state index < -0.39 is 5.97 Å². The van der Waals surface area contributed by atoms with Crippen LogP contribution in [0.5, 0.6) is 0 Å². The Bertz CT molecular complexity index is 422. The van der Waals surface area contributed by atoms with E-state index in [1.54, 1.807) is 18.2 Å². The number of rotatable bonds is 3. The number of carboxylic acids is 1. The fourth-order valence-corrected chi connectivity index (χ4v) is 2.48. The number of carbonyl (C=O) groups is 1. The third-order valence-corrected chi connectivity index (χ3v) is 3.53. The molecule has 2 rings (SSSR count). The SMILES string of the molecule is CN1CCC(C(=O)O)C1Cc1ccccc1F. The highest BCUT2D eigenvalue weighted by Gasteiger charge is 2.36. The molecule has 1 aliphatic heterocycles. The Morgan fingerprint density at radius 3 is 2.88 bits per heavy atom. The van der Waals surface area contributed by atoms with Crippen molar-refractivity contribution in [2.75, 3.05) is 13.6 Å². The van der Waals surface area contributed by atoms with Crippen molar-refractivity contribution < 1.29 is 14.3 Å². The summed E-state index contributed by atoms with van der Waals surface area (Å²) in [5.41, 5.74) is 0.595. The van der Waals surface area contributed by atoms with Crippen molar-refractivity contribution in [3.8, 4) is 0 Å². The lowest BCUT2D eigenvalue weighted by Gasteiger charge is -2.23. The van der Waals surface area contributed by atoms with Gasteiger partial charge in [-0.15, -0.1) is 0 Å². The molecule has 1 saturated heterocycles. The summed E-state index contributed by atoms with van der Waals surface area (Å²) >= 11 is 0. The summed E-state index contributed by atoms with van der Waals surface area (Å²) in [6.07, 6.45) is 1.10. The van der Waals surface area contributed by atoms with Gasteiger partial charge in [-0.3, -0.25) is 4.79 Å². The van der Waals surface area contributed by atoms with Crippen LogP contribution in [0.25, 0.3) is 0 Å². The predicted octanol–water partition coefficient (Wildman–Crippen LogP) is 1.77. The van der Waals surface area contributed by atoms with Gasteiger partial charge in [0.05, 0.1) is 5.92 Å². The van der Waals surface area contributed by atoms with E-state index >= 15 is 0 Å². The maximum Gasteiger partial charge on any atom is 0.308 e. The number of halogens is 1. The quantitative estimate of drug-likeness (QED) is 0.871. The normalized spacial score (nSPS) is 25.1. The molecular weight excluding hydrogens is 221 g/mol. The van der Waals surface area contributed by atoms with E-state index in [2.05, 4.69) is 0 Å². The molecule has 1 heterocycles. The standard InChI is InChI=1S/C13H16FNO2/c1-15-7-6-10(13(16)17)12(15)8-9-4-2-3-5-11(9)14/h2-5,10,12H,6-8H2,1H3,(H,16,17). The Morgan fingerprint density at radius 2 is 2.24 bits per heavy atom. The molecule has 1 N–H and O–H groups in total. The molecule has 1 fully saturated rings.